The van der Waals surface area contributed by atoms with E-state index in [0.717, 1.165) is 73.2 Å². The largest absolute Gasteiger partial charge is 0.346 e. The first-order valence-electron chi connectivity index (χ1n) is 11.9. The first-order valence-corrected chi connectivity index (χ1v) is 11.9. The fraction of sp³-hybridized carbons (Fsp3) is 0.423. The highest BCUT2D eigenvalue weighted by molar-refractivity contribution is 5.96. The molecular weight excluding hydrogens is 414 g/mol. The fourth-order valence-corrected chi connectivity index (χ4v) is 4.65. The quantitative estimate of drug-likeness (QED) is 0.566. The predicted molar refractivity (Wildman–Crippen MR) is 130 cm³/mol. The third-order valence-electron chi connectivity index (χ3n) is 6.85. The number of carbonyl (C=O) groups excluding carboxylic acids is 2. The maximum absolute atomic E-state index is 12.8. The number of hydrogen-bond donors (Lipinski definition) is 1. The van der Waals surface area contributed by atoms with Gasteiger partial charge in [-0.05, 0) is 55.5 Å². The Hall–Kier alpha value is -3.19. The van der Waals surface area contributed by atoms with Gasteiger partial charge in [0.2, 0.25) is 12.3 Å². The van der Waals surface area contributed by atoms with Crippen LogP contribution >= 0.6 is 0 Å². The number of anilines is 1. The van der Waals surface area contributed by atoms with Crippen LogP contribution in [-0.4, -0.2) is 70.3 Å². The zero-order chi connectivity index (χ0) is 22.9. The molecule has 5 rings (SSSR count). The van der Waals surface area contributed by atoms with Crippen molar-refractivity contribution in [3.05, 3.63) is 48.2 Å². The number of benzene rings is 1. The molecule has 1 aliphatic heterocycles. The van der Waals surface area contributed by atoms with E-state index in [1.165, 1.54) is 0 Å². The fourth-order valence-electron chi connectivity index (χ4n) is 4.65. The molecule has 0 atom stereocenters. The van der Waals surface area contributed by atoms with Crippen molar-refractivity contribution in [2.24, 2.45) is 0 Å². The molecule has 2 aliphatic rings. The summed E-state index contributed by atoms with van der Waals surface area (Å²) in [7, 11) is 0. The van der Waals surface area contributed by atoms with Crippen LogP contribution in [-0.2, 0) is 16.0 Å². The number of rotatable bonds is 7. The van der Waals surface area contributed by atoms with Crippen molar-refractivity contribution >= 4 is 29.2 Å². The molecule has 7 nitrogen and oxygen atoms in total. The average molecular weight is 446 g/mol. The summed E-state index contributed by atoms with van der Waals surface area (Å²) in [5.74, 6) is 0.869. The SMILES string of the molecule is CC(C)N1CCN(C(=O)Cc2ccc(-c3cc(N(C=O)C4CC4)nc4[nH]ccc34)cc2)CC1. The second-order valence-corrected chi connectivity index (χ2v) is 9.40. The molecule has 1 aliphatic carbocycles. The summed E-state index contributed by atoms with van der Waals surface area (Å²) < 4.78 is 0. The van der Waals surface area contributed by atoms with E-state index in [1.54, 1.807) is 4.90 Å². The van der Waals surface area contributed by atoms with Gasteiger partial charge in [-0.15, -0.1) is 0 Å². The molecule has 0 unspecified atom stereocenters. The number of H-pyrrole nitrogens is 1. The lowest BCUT2D eigenvalue weighted by Gasteiger charge is -2.37. The molecule has 33 heavy (non-hydrogen) atoms. The monoisotopic (exact) mass is 445 g/mol. The number of nitrogens with zero attached hydrogens (tertiary/aromatic N) is 4. The molecule has 2 amide bonds. The molecule has 0 spiro atoms. The van der Waals surface area contributed by atoms with Gasteiger partial charge in [0.15, 0.2) is 0 Å². The molecule has 172 valence electrons. The number of aromatic amines is 1. The Morgan fingerprint density at radius 3 is 2.52 bits per heavy atom. The molecule has 1 N–H and O–H groups in total. The van der Waals surface area contributed by atoms with Crippen LogP contribution in [0, 0.1) is 0 Å². The minimum absolute atomic E-state index is 0.191. The van der Waals surface area contributed by atoms with Gasteiger partial charge in [0.05, 0.1) is 6.42 Å². The van der Waals surface area contributed by atoms with Crippen molar-refractivity contribution < 1.29 is 9.59 Å². The number of amides is 2. The van der Waals surface area contributed by atoms with E-state index in [9.17, 15) is 9.59 Å². The maximum atomic E-state index is 12.8. The highest BCUT2D eigenvalue weighted by Crippen LogP contribution is 2.35. The summed E-state index contributed by atoms with van der Waals surface area (Å²) in [6.45, 7) is 7.89. The lowest BCUT2D eigenvalue weighted by Crippen LogP contribution is -2.51. The van der Waals surface area contributed by atoms with E-state index >= 15 is 0 Å². The lowest BCUT2D eigenvalue weighted by molar-refractivity contribution is -0.132. The van der Waals surface area contributed by atoms with Crippen LogP contribution in [0.5, 0.6) is 0 Å². The number of pyridine rings is 1. The number of hydrogen-bond acceptors (Lipinski definition) is 4. The number of aromatic nitrogens is 2. The van der Waals surface area contributed by atoms with Crippen LogP contribution < -0.4 is 4.90 Å². The maximum Gasteiger partial charge on any atom is 0.227 e. The van der Waals surface area contributed by atoms with Crippen LogP contribution in [0.4, 0.5) is 5.82 Å². The van der Waals surface area contributed by atoms with E-state index in [0.29, 0.717) is 18.3 Å². The minimum Gasteiger partial charge on any atom is -0.346 e. The Bertz CT molecular complexity index is 1140. The summed E-state index contributed by atoms with van der Waals surface area (Å²) in [6, 6.07) is 13.0. The van der Waals surface area contributed by atoms with Gasteiger partial charge in [-0.2, -0.15) is 0 Å². The second kappa shape index (κ2) is 8.98. The summed E-state index contributed by atoms with van der Waals surface area (Å²) in [4.78, 5) is 38.5. The summed E-state index contributed by atoms with van der Waals surface area (Å²) >= 11 is 0. The van der Waals surface area contributed by atoms with Gasteiger partial charge in [0, 0.05) is 49.8 Å². The number of carbonyl (C=O) groups is 2. The van der Waals surface area contributed by atoms with Gasteiger partial charge >= 0.3 is 0 Å². The molecule has 2 aromatic heterocycles. The Labute approximate surface area is 194 Å². The van der Waals surface area contributed by atoms with Crippen LogP contribution in [0.25, 0.3) is 22.2 Å². The van der Waals surface area contributed by atoms with Crippen molar-refractivity contribution in [2.45, 2.75) is 45.2 Å². The summed E-state index contributed by atoms with van der Waals surface area (Å²) in [5.41, 5.74) is 3.87. The molecule has 2 fully saturated rings. The third kappa shape index (κ3) is 4.50. The zero-order valence-corrected chi connectivity index (χ0v) is 19.3. The van der Waals surface area contributed by atoms with Gasteiger partial charge in [-0.3, -0.25) is 19.4 Å². The molecule has 1 aromatic carbocycles. The van der Waals surface area contributed by atoms with Crippen molar-refractivity contribution in [3.8, 4) is 11.1 Å². The van der Waals surface area contributed by atoms with E-state index in [1.807, 2.05) is 35.4 Å². The Balaban J connectivity index is 1.33. The molecule has 3 aromatic rings. The van der Waals surface area contributed by atoms with E-state index in [4.69, 9.17) is 0 Å². The van der Waals surface area contributed by atoms with Gasteiger partial charge in [0.25, 0.3) is 0 Å². The first-order chi connectivity index (χ1) is 16.0. The van der Waals surface area contributed by atoms with E-state index in [2.05, 4.69) is 40.8 Å². The van der Waals surface area contributed by atoms with Gasteiger partial charge < -0.3 is 9.88 Å². The molecule has 3 heterocycles. The number of piperazine rings is 1. The first kappa shape index (κ1) is 21.6. The van der Waals surface area contributed by atoms with Crippen LogP contribution in [0.2, 0.25) is 0 Å². The molecule has 7 heteroatoms. The van der Waals surface area contributed by atoms with Gasteiger partial charge in [0.1, 0.15) is 11.5 Å². The Morgan fingerprint density at radius 2 is 1.88 bits per heavy atom. The molecule has 1 saturated heterocycles. The molecule has 0 radical (unpaired) electrons. The summed E-state index contributed by atoms with van der Waals surface area (Å²) in [6.07, 6.45) is 5.22. The molecule has 1 saturated carbocycles. The van der Waals surface area contributed by atoms with E-state index in [-0.39, 0.29) is 11.9 Å². The second-order valence-electron chi connectivity index (χ2n) is 9.40. The van der Waals surface area contributed by atoms with E-state index < -0.39 is 0 Å². The van der Waals surface area contributed by atoms with Crippen molar-refractivity contribution in [2.75, 3.05) is 31.1 Å². The normalized spacial score (nSPS) is 17.0. The summed E-state index contributed by atoms with van der Waals surface area (Å²) in [5, 5.41) is 1.02. The zero-order valence-electron chi connectivity index (χ0n) is 19.3. The van der Waals surface area contributed by atoms with Gasteiger partial charge in [-0.1, -0.05) is 24.3 Å². The lowest BCUT2D eigenvalue weighted by atomic mass is 10.0. The Morgan fingerprint density at radius 1 is 1.15 bits per heavy atom. The third-order valence-corrected chi connectivity index (χ3v) is 6.85. The highest BCUT2D eigenvalue weighted by Gasteiger charge is 2.30. The standard InChI is InChI=1S/C26H31N5O2/c1-18(2)29-11-13-30(14-12-29)25(33)15-19-3-5-20(6-4-19)23-16-24(31(17-32)21-7-8-21)28-26-22(23)9-10-27-26/h3-6,9-10,16-18,21H,7-8,11-15H2,1-2H3,(H,27,28). The minimum atomic E-state index is 0.191. The van der Waals surface area contributed by atoms with Gasteiger partial charge in [-0.25, -0.2) is 4.98 Å². The average Bonchev–Trinajstić information content (AvgIpc) is 3.55. The number of fused-ring (bicyclic) bond motifs is 1. The van der Waals surface area contributed by atoms with Crippen LogP contribution in [0.15, 0.2) is 42.6 Å². The van der Waals surface area contributed by atoms with Crippen molar-refractivity contribution in [3.63, 3.8) is 0 Å². The highest BCUT2D eigenvalue weighted by atomic mass is 16.2. The molecular formula is C26H31N5O2. The molecule has 0 bridgehead atoms. The van der Waals surface area contributed by atoms with Crippen molar-refractivity contribution in [1.82, 2.24) is 19.8 Å². The Kier molecular flexibility index (Phi) is 5.89. The smallest absolute Gasteiger partial charge is 0.227 e. The predicted octanol–water partition coefficient (Wildman–Crippen LogP) is 3.45. The van der Waals surface area contributed by atoms with Crippen molar-refractivity contribution in [1.29, 1.82) is 0 Å². The van der Waals surface area contributed by atoms with Crippen LogP contribution in [0.1, 0.15) is 32.3 Å². The number of nitrogens with one attached hydrogen (secondary N) is 1. The topological polar surface area (TPSA) is 72.5 Å². The van der Waals surface area contributed by atoms with Crippen LogP contribution in [0.3, 0.4) is 0 Å².